The molecule has 3 rings (SSSR count). The number of nitrogens with zero attached hydrogens (tertiary/aromatic N) is 2. The molecular weight excluding hydrogens is 245 g/mol. The van der Waals surface area contributed by atoms with Crippen molar-refractivity contribution in [3.05, 3.63) is 24.1 Å². The van der Waals surface area contributed by atoms with Crippen molar-refractivity contribution in [2.75, 3.05) is 11.4 Å². The highest BCUT2D eigenvalue weighted by Crippen LogP contribution is 2.45. The minimum Gasteiger partial charge on any atom is -0.328 e. The van der Waals surface area contributed by atoms with Gasteiger partial charge in [0.2, 0.25) is 5.91 Å². The number of aromatic nitrogens is 1. The Kier molecular flexibility index (Phi) is 3.01. The molecule has 1 aromatic heterocycles. The Labute approximate surface area is 111 Å². The summed E-state index contributed by atoms with van der Waals surface area (Å²) in [7, 11) is 0. The Bertz CT molecular complexity index is 490. The number of hydrogen-bond donors (Lipinski definition) is 1. The van der Waals surface area contributed by atoms with Crippen molar-refractivity contribution >= 4 is 11.7 Å². The second-order valence-electron chi connectivity index (χ2n) is 5.68. The lowest BCUT2D eigenvalue weighted by molar-refractivity contribution is -0.127. The van der Waals surface area contributed by atoms with Gasteiger partial charge in [0, 0.05) is 12.6 Å². The van der Waals surface area contributed by atoms with E-state index >= 15 is 0 Å². The quantitative estimate of drug-likeness (QED) is 0.841. The van der Waals surface area contributed by atoms with Crippen LogP contribution in [0.25, 0.3) is 0 Å². The molecule has 2 heterocycles. The van der Waals surface area contributed by atoms with E-state index in [2.05, 4.69) is 4.98 Å². The fraction of sp³-hybridized carbons (Fsp3) is 0.571. The highest BCUT2D eigenvalue weighted by Gasteiger charge is 2.49. The molecule has 2 atom stereocenters. The first-order valence-corrected chi connectivity index (χ1v) is 6.80. The number of halogens is 1. The molecule has 1 aromatic rings. The second kappa shape index (κ2) is 4.56. The zero-order chi connectivity index (χ0) is 13.5. The largest absolute Gasteiger partial charge is 0.328 e. The van der Waals surface area contributed by atoms with Crippen LogP contribution < -0.4 is 10.6 Å². The summed E-state index contributed by atoms with van der Waals surface area (Å²) in [6.45, 7) is 0.657. The molecule has 4 nitrogen and oxygen atoms in total. The number of hydrogen-bond acceptors (Lipinski definition) is 3. The molecule has 0 unspecified atom stereocenters. The third-order valence-electron chi connectivity index (χ3n) is 4.38. The molecule has 2 fully saturated rings. The van der Waals surface area contributed by atoms with Crippen LogP contribution in [0.15, 0.2) is 18.3 Å². The minimum absolute atomic E-state index is 0.113. The van der Waals surface area contributed by atoms with Gasteiger partial charge in [0.05, 0.1) is 11.6 Å². The van der Waals surface area contributed by atoms with Gasteiger partial charge in [-0.2, -0.15) is 0 Å². The van der Waals surface area contributed by atoms with Gasteiger partial charge >= 0.3 is 0 Å². The first kappa shape index (κ1) is 12.5. The van der Waals surface area contributed by atoms with Gasteiger partial charge < -0.3 is 5.73 Å². The summed E-state index contributed by atoms with van der Waals surface area (Å²) in [6.07, 6.45) is 5.68. The maximum Gasteiger partial charge on any atom is 0.234 e. The summed E-state index contributed by atoms with van der Waals surface area (Å²) >= 11 is 0. The molecule has 1 amide bonds. The van der Waals surface area contributed by atoms with Crippen molar-refractivity contribution in [1.82, 2.24) is 4.98 Å². The van der Waals surface area contributed by atoms with Crippen LogP contribution in [0.4, 0.5) is 10.2 Å². The van der Waals surface area contributed by atoms with E-state index in [-0.39, 0.29) is 23.2 Å². The van der Waals surface area contributed by atoms with E-state index in [9.17, 15) is 9.18 Å². The highest BCUT2D eigenvalue weighted by molar-refractivity contribution is 5.99. The van der Waals surface area contributed by atoms with Crippen LogP contribution >= 0.6 is 0 Å². The lowest BCUT2D eigenvalue weighted by atomic mass is 9.71. The van der Waals surface area contributed by atoms with E-state index in [1.807, 2.05) is 0 Å². The number of nitrogens with two attached hydrogens (primary N) is 1. The van der Waals surface area contributed by atoms with Crippen molar-refractivity contribution < 1.29 is 9.18 Å². The number of carbonyl (C=O) groups excluding carboxylic acids is 1. The number of amides is 1. The SMILES string of the molecule is N[C@@H]1CCC[C@@]2(CCN(c3ccc(F)cn3)C2=O)C1. The smallest absolute Gasteiger partial charge is 0.234 e. The Hall–Kier alpha value is -1.49. The number of anilines is 1. The Morgan fingerprint density at radius 2 is 2.26 bits per heavy atom. The number of pyridine rings is 1. The van der Waals surface area contributed by atoms with Gasteiger partial charge in [0.15, 0.2) is 0 Å². The van der Waals surface area contributed by atoms with E-state index in [1.54, 1.807) is 11.0 Å². The highest BCUT2D eigenvalue weighted by atomic mass is 19.1. The minimum atomic E-state index is -0.384. The molecule has 1 spiro atoms. The molecule has 1 aliphatic carbocycles. The summed E-state index contributed by atoms with van der Waals surface area (Å²) in [6, 6.07) is 3.03. The third-order valence-corrected chi connectivity index (χ3v) is 4.38. The Balaban J connectivity index is 1.83. The number of carbonyl (C=O) groups is 1. The molecule has 0 bridgehead atoms. The fourth-order valence-corrected chi connectivity index (χ4v) is 3.40. The molecular formula is C14H18FN3O. The molecule has 0 aromatic carbocycles. The van der Waals surface area contributed by atoms with Gasteiger partial charge in [-0.1, -0.05) is 6.42 Å². The van der Waals surface area contributed by atoms with Gasteiger partial charge in [-0.05, 0) is 37.8 Å². The van der Waals surface area contributed by atoms with E-state index in [0.717, 1.165) is 38.3 Å². The van der Waals surface area contributed by atoms with Crippen LogP contribution in [0.5, 0.6) is 0 Å². The van der Waals surface area contributed by atoms with Crippen LogP contribution in [0, 0.1) is 11.2 Å². The first-order chi connectivity index (χ1) is 9.11. The van der Waals surface area contributed by atoms with Crippen LogP contribution in [0.2, 0.25) is 0 Å². The zero-order valence-corrected chi connectivity index (χ0v) is 10.8. The second-order valence-corrected chi connectivity index (χ2v) is 5.68. The normalized spacial score (nSPS) is 31.2. The van der Waals surface area contributed by atoms with Gasteiger partial charge in [-0.15, -0.1) is 0 Å². The topological polar surface area (TPSA) is 59.2 Å². The van der Waals surface area contributed by atoms with Gasteiger partial charge in [-0.3, -0.25) is 9.69 Å². The molecule has 19 heavy (non-hydrogen) atoms. The molecule has 1 saturated heterocycles. The van der Waals surface area contributed by atoms with Crippen molar-refractivity contribution in [1.29, 1.82) is 0 Å². The lowest BCUT2D eigenvalue weighted by Crippen LogP contribution is -2.42. The van der Waals surface area contributed by atoms with Crippen molar-refractivity contribution in [3.63, 3.8) is 0 Å². The standard InChI is InChI=1S/C14H18FN3O/c15-10-3-4-12(17-9-10)18-7-6-14(13(18)19)5-1-2-11(16)8-14/h3-4,9,11H,1-2,5-8,16H2/t11-,14-/m1/s1. The number of rotatable bonds is 1. The average Bonchev–Trinajstić information content (AvgIpc) is 2.68. The monoisotopic (exact) mass is 263 g/mol. The van der Waals surface area contributed by atoms with Crippen molar-refractivity contribution in [3.8, 4) is 0 Å². The maximum atomic E-state index is 12.9. The van der Waals surface area contributed by atoms with Crippen LogP contribution in [-0.2, 0) is 4.79 Å². The van der Waals surface area contributed by atoms with Crippen LogP contribution in [-0.4, -0.2) is 23.5 Å². The summed E-state index contributed by atoms with van der Waals surface area (Å²) in [4.78, 5) is 18.3. The molecule has 1 aliphatic heterocycles. The molecule has 1 saturated carbocycles. The average molecular weight is 263 g/mol. The Morgan fingerprint density at radius 1 is 1.42 bits per heavy atom. The fourth-order valence-electron chi connectivity index (χ4n) is 3.40. The van der Waals surface area contributed by atoms with Gasteiger partial charge in [0.25, 0.3) is 0 Å². The zero-order valence-electron chi connectivity index (χ0n) is 10.8. The predicted molar refractivity (Wildman–Crippen MR) is 70.0 cm³/mol. The van der Waals surface area contributed by atoms with Gasteiger partial charge in [-0.25, -0.2) is 9.37 Å². The predicted octanol–water partition coefficient (Wildman–Crippen LogP) is 1.85. The summed E-state index contributed by atoms with van der Waals surface area (Å²) in [5.74, 6) is 0.272. The third kappa shape index (κ3) is 2.12. The van der Waals surface area contributed by atoms with E-state index in [1.165, 1.54) is 6.07 Å². The first-order valence-electron chi connectivity index (χ1n) is 6.80. The summed E-state index contributed by atoms with van der Waals surface area (Å²) in [5.41, 5.74) is 5.72. The van der Waals surface area contributed by atoms with Crippen molar-refractivity contribution in [2.45, 2.75) is 38.1 Å². The Morgan fingerprint density at radius 3 is 2.95 bits per heavy atom. The van der Waals surface area contributed by atoms with Crippen LogP contribution in [0.1, 0.15) is 32.1 Å². The molecule has 2 N–H and O–H groups in total. The van der Waals surface area contributed by atoms with Crippen molar-refractivity contribution in [2.24, 2.45) is 11.1 Å². The lowest BCUT2D eigenvalue weighted by Gasteiger charge is -2.34. The van der Waals surface area contributed by atoms with E-state index < -0.39 is 0 Å². The van der Waals surface area contributed by atoms with Gasteiger partial charge in [0.1, 0.15) is 11.6 Å². The summed E-state index contributed by atoms with van der Waals surface area (Å²) < 4.78 is 12.9. The van der Waals surface area contributed by atoms with E-state index in [4.69, 9.17) is 5.73 Å². The molecule has 0 radical (unpaired) electrons. The van der Waals surface area contributed by atoms with E-state index in [0.29, 0.717) is 12.4 Å². The summed E-state index contributed by atoms with van der Waals surface area (Å²) in [5, 5.41) is 0. The maximum absolute atomic E-state index is 12.9. The van der Waals surface area contributed by atoms with Crippen LogP contribution in [0.3, 0.4) is 0 Å². The molecule has 5 heteroatoms. The molecule has 102 valence electrons. The molecule has 2 aliphatic rings.